The molecule has 0 saturated carbocycles. The Bertz CT molecular complexity index is 1640. The molecule has 0 spiro atoms. The number of carbonyl (C=O) groups is 2. The van der Waals surface area contributed by atoms with E-state index in [0.717, 1.165) is 60.8 Å². The molecule has 3 heterocycles. The summed E-state index contributed by atoms with van der Waals surface area (Å²) in [5, 5.41) is 21.2. The number of rotatable bonds is 5. The van der Waals surface area contributed by atoms with Crippen LogP contribution in [-0.2, 0) is 11.2 Å². The fraction of sp³-hybridized carbons (Fsp3) is 0.300. The summed E-state index contributed by atoms with van der Waals surface area (Å²) in [6.45, 7) is 7.99. The van der Waals surface area contributed by atoms with E-state index < -0.39 is 60.6 Å². The second kappa shape index (κ2) is 9.33. The molecule has 0 atom stereocenters. The van der Waals surface area contributed by atoms with Crippen molar-refractivity contribution in [1.29, 1.82) is 0 Å². The predicted octanol–water partition coefficient (Wildman–Crippen LogP) is 4.26. The van der Waals surface area contributed by atoms with Gasteiger partial charge in [-0.2, -0.15) is 0 Å². The summed E-state index contributed by atoms with van der Waals surface area (Å²) in [7, 11) is -2.47. The van der Waals surface area contributed by atoms with Crippen LogP contribution in [0.1, 0.15) is 39.9 Å². The number of aromatic carboxylic acids is 1. The van der Waals surface area contributed by atoms with Crippen LogP contribution in [0.3, 0.4) is 0 Å². The molecule has 6 rings (SSSR count). The van der Waals surface area contributed by atoms with Crippen LogP contribution < -0.4 is 10.1 Å². The molecule has 40 heavy (non-hydrogen) atoms. The average Bonchev–Trinajstić information content (AvgIpc) is 2.83. The Hall–Kier alpha value is -3.92. The zero-order chi connectivity index (χ0) is 28.5. The molecule has 1 aliphatic carbocycles. The summed E-state index contributed by atoms with van der Waals surface area (Å²) in [6, 6.07) is 5.76. The molecule has 0 amide bonds. The first-order valence-corrected chi connectivity index (χ1v) is 16.3. The van der Waals surface area contributed by atoms with Gasteiger partial charge in [0, 0.05) is 42.1 Å². The molecule has 2 aromatic carbocycles. The van der Waals surface area contributed by atoms with E-state index in [9.17, 15) is 24.2 Å². The monoisotopic (exact) mass is 565 g/mol. The number of carboxylic acid groups (broad SMARTS) is 2. The first-order chi connectivity index (χ1) is 19.0. The highest BCUT2D eigenvalue weighted by Crippen LogP contribution is 2.45. The van der Waals surface area contributed by atoms with Crippen LogP contribution in [0, 0.1) is 17.5 Å². The van der Waals surface area contributed by atoms with Crippen molar-refractivity contribution in [1.82, 2.24) is 0 Å². The molecule has 0 radical (unpaired) electrons. The van der Waals surface area contributed by atoms with E-state index in [1.807, 2.05) is 24.3 Å². The maximum Gasteiger partial charge on any atom is 0.339 e. The lowest BCUT2D eigenvalue weighted by Gasteiger charge is -2.40. The van der Waals surface area contributed by atoms with Gasteiger partial charge >= 0.3 is 11.9 Å². The van der Waals surface area contributed by atoms with Crippen molar-refractivity contribution in [2.45, 2.75) is 32.4 Å². The van der Waals surface area contributed by atoms with Crippen LogP contribution in [0.2, 0.25) is 13.1 Å². The number of anilines is 1. The van der Waals surface area contributed by atoms with Gasteiger partial charge in [0.15, 0.2) is 17.3 Å². The Labute approximate surface area is 230 Å². The van der Waals surface area contributed by atoms with Gasteiger partial charge in [-0.05, 0) is 51.7 Å². The smallest absolute Gasteiger partial charge is 0.339 e. The first kappa shape index (κ1) is 26.3. The Morgan fingerprint density at radius 3 is 2.30 bits per heavy atom. The number of nitrogens with zero attached hydrogens (tertiary/aromatic N) is 2. The van der Waals surface area contributed by atoms with Crippen LogP contribution in [0.5, 0.6) is 0 Å². The van der Waals surface area contributed by atoms with Crippen molar-refractivity contribution in [3.63, 3.8) is 0 Å². The third-order valence-electron chi connectivity index (χ3n) is 8.54. The molecule has 206 valence electrons. The fourth-order valence-corrected chi connectivity index (χ4v) is 9.16. The number of allylic oxidation sites excluding steroid dienone is 5. The van der Waals surface area contributed by atoms with Gasteiger partial charge < -0.3 is 15.1 Å². The number of aliphatic carboxylic acids is 1. The summed E-state index contributed by atoms with van der Waals surface area (Å²) >= 11 is 0. The highest BCUT2D eigenvalue weighted by molar-refractivity contribution is 6.98. The number of hydrogen-bond donors (Lipinski definition) is 2. The Morgan fingerprint density at radius 2 is 1.73 bits per heavy atom. The highest BCUT2D eigenvalue weighted by atomic mass is 28.3. The lowest BCUT2D eigenvalue weighted by atomic mass is 9.85. The molecule has 0 aromatic heterocycles. The number of benzene rings is 2. The zero-order valence-corrected chi connectivity index (χ0v) is 23.2. The van der Waals surface area contributed by atoms with Crippen molar-refractivity contribution in [3.05, 3.63) is 86.9 Å². The van der Waals surface area contributed by atoms with Crippen LogP contribution in [0.15, 0.2) is 47.2 Å². The normalized spacial score (nSPS) is 19.0. The van der Waals surface area contributed by atoms with Crippen LogP contribution in [0.25, 0.3) is 5.57 Å². The van der Waals surface area contributed by atoms with Gasteiger partial charge in [0.1, 0.15) is 32.5 Å². The number of carboxylic acids is 2. The Balaban J connectivity index is 1.72. The molecule has 2 N–H and O–H groups in total. The molecule has 2 aromatic rings. The van der Waals surface area contributed by atoms with Crippen molar-refractivity contribution >= 4 is 42.2 Å². The molecule has 0 bridgehead atoms. The summed E-state index contributed by atoms with van der Waals surface area (Å²) in [5.74, 6) is -8.33. The van der Waals surface area contributed by atoms with E-state index >= 15 is 8.78 Å². The number of fused-ring (bicyclic) bond motifs is 2. The van der Waals surface area contributed by atoms with Crippen LogP contribution in [-0.4, -0.2) is 66.7 Å². The van der Waals surface area contributed by atoms with Gasteiger partial charge in [0.25, 0.3) is 0 Å². The molecule has 6 nitrogen and oxygen atoms in total. The Kier molecular flexibility index (Phi) is 6.14. The summed E-state index contributed by atoms with van der Waals surface area (Å²) in [6.07, 6.45) is 6.78. The van der Waals surface area contributed by atoms with Gasteiger partial charge in [0.05, 0.1) is 12.8 Å². The van der Waals surface area contributed by atoms with E-state index in [1.54, 1.807) is 0 Å². The molecule has 3 aliphatic heterocycles. The topological polar surface area (TPSA) is 80.8 Å². The van der Waals surface area contributed by atoms with Gasteiger partial charge in [0.2, 0.25) is 0 Å². The summed E-state index contributed by atoms with van der Waals surface area (Å²) < 4.78 is 48.8. The SMILES string of the molecule is C[Si]1(C)C2=CC(=[N+]3CCC3)C=CC2=C(c2c(F)c(CC(=O)O)c(F)c(F)c2C(=O)O)c2ccc(N3CCC3)cc21. The molecule has 4 aliphatic rings. The van der Waals surface area contributed by atoms with Crippen LogP contribution >= 0.6 is 0 Å². The lowest BCUT2D eigenvalue weighted by molar-refractivity contribution is -0.582. The highest BCUT2D eigenvalue weighted by Gasteiger charge is 2.43. The quantitative estimate of drug-likeness (QED) is 0.322. The number of halogens is 3. The van der Waals surface area contributed by atoms with E-state index in [4.69, 9.17) is 0 Å². The molecule has 2 fully saturated rings. The maximum absolute atomic E-state index is 16.2. The van der Waals surface area contributed by atoms with E-state index in [-0.39, 0.29) is 5.57 Å². The predicted molar refractivity (Wildman–Crippen MR) is 148 cm³/mol. The van der Waals surface area contributed by atoms with Crippen LogP contribution in [0.4, 0.5) is 18.9 Å². The molecule has 2 saturated heterocycles. The minimum absolute atomic E-state index is 0.141. The minimum atomic E-state index is -2.47. The summed E-state index contributed by atoms with van der Waals surface area (Å²) in [5.41, 5.74) is 0.488. The second-order valence-electron chi connectivity index (χ2n) is 11.2. The van der Waals surface area contributed by atoms with E-state index in [1.165, 1.54) is 0 Å². The minimum Gasteiger partial charge on any atom is -0.481 e. The lowest BCUT2D eigenvalue weighted by Crippen LogP contribution is -2.50. The number of hydrogen-bond acceptors (Lipinski definition) is 3. The third kappa shape index (κ3) is 3.88. The van der Waals surface area contributed by atoms with Crippen molar-refractivity contribution in [3.8, 4) is 0 Å². The maximum atomic E-state index is 16.2. The Morgan fingerprint density at radius 1 is 1.00 bits per heavy atom. The zero-order valence-electron chi connectivity index (χ0n) is 22.2. The van der Waals surface area contributed by atoms with Crippen molar-refractivity contribution in [2.24, 2.45) is 0 Å². The van der Waals surface area contributed by atoms with Gasteiger partial charge in [-0.1, -0.05) is 19.2 Å². The van der Waals surface area contributed by atoms with E-state index in [0.29, 0.717) is 11.1 Å². The summed E-state index contributed by atoms with van der Waals surface area (Å²) in [4.78, 5) is 26.0. The average molecular weight is 566 g/mol. The fourth-order valence-electron chi connectivity index (χ4n) is 6.09. The molecular weight excluding hydrogens is 537 g/mol. The van der Waals surface area contributed by atoms with Gasteiger partial charge in [-0.15, -0.1) is 0 Å². The molecular formula is C30H28F3N2O4Si+. The van der Waals surface area contributed by atoms with Crippen molar-refractivity contribution < 1.29 is 37.5 Å². The molecule has 0 unspecified atom stereocenters. The second-order valence-corrected chi connectivity index (χ2v) is 15.5. The van der Waals surface area contributed by atoms with Gasteiger partial charge in [-0.3, -0.25) is 4.79 Å². The first-order valence-electron chi connectivity index (χ1n) is 13.3. The molecule has 10 heteroatoms. The third-order valence-corrected chi connectivity index (χ3v) is 12.1. The van der Waals surface area contributed by atoms with Gasteiger partial charge in [-0.25, -0.2) is 22.5 Å². The van der Waals surface area contributed by atoms with Crippen molar-refractivity contribution in [2.75, 3.05) is 31.1 Å². The van der Waals surface area contributed by atoms with E-state index in [2.05, 4.69) is 34.7 Å². The largest absolute Gasteiger partial charge is 0.481 e. The standard InChI is InChI=1S/C30H27F3N2O4Si/c1-40(2)21-13-16(34-9-3-10-34)5-7-18(21)24(19-8-6-17(14-22(19)40)35-11-4-12-35)25-26(30(38)39)29(33)28(32)20(27(25)31)15-23(36)37/h5-8,13-14H,3-4,9-12,15H2,1-2H3,(H-,36,37,38,39)/p+1.